The maximum atomic E-state index is 12.5. The number of ether oxygens (including phenoxy) is 1. The van der Waals surface area contributed by atoms with Crippen molar-refractivity contribution in [3.8, 4) is 5.75 Å². The zero-order valence-corrected chi connectivity index (χ0v) is 12.9. The van der Waals surface area contributed by atoms with Crippen LogP contribution in [0.5, 0.6) is 5.75 Å². The summed E-state index contributed by atoms with van der Waals surface area (Å²) in [6, 6.07) is 6.46. The molecule has 0 saturated carbocycles. The minimum Gasteiger partial charge on any atom is -0.435 e. The minimum atomic E-state index is -2.85. The Hall–Kier alpha value is -1.73. The van der Waals surface area contributed by atoms with E-state index in [0.717, 1.165) is 26.2 Å². The van der Waals surface area contributed by atoms with Crippen LogP contribution in [0.3, 0.4) is 0 Å². The fourth-order valence-electron chi connectivity index (χ4n) is 3.20. The summed E-state index contributed by atoms with van der Waals surface area (Å²) in [7, 11) is 0. The first-order valence-corrected chi connectivity index (χ1v) is 7.92. The Balaban J connectivity index is 1.54. The number of piperazine rings is 1. The zero-order chi connectivity index (χ0) is 16.2. The Morgan fingerprint density at radius 2 is 1.87 bits per heavy atom. The van der Waals surface area contributed by atoms with E-state index in [0.29, 0.717) is 24.7 Å². The van der Waals surface area contributed by atoms with Crippen LogP contribution in [-0.2, 0) is 0 Å². The molecule has 2 heterocycles. The molecule has 126 valence electrons. The van der Waals surface area contributed by atoms with Crippen LogP contribution < -0.4 is 10.1 Å². The van der Waals surface area contributed by atoms with Crippen LogP contribution in [0, 0.1) is 0 Å². The Kier molecular flexibility index (Phi) is 5.07. The van der Waals surface area contributed by atoms with Crippen molar-refractivity contribution in [3.63, 3.8) is 0 Å². The molecule has 1 amide bonds. The molecule has 0 radical (unpaired) electrons. The number of hydrogen-bond donors (Lipinski definition) is 1. The van der Waals surface area contributed by atoms with Gasteiger partial charge < -0.3 is 15.0 Å². The quantitative estimate of drug-likeness (QED) is 0.909. The number of carbonyl (C=O) groups excluding carboxylic acids is 1. The van der Waals surface area contributed by atoms with Crippen molar-refractivity contribution >= 4 is 5.91 Å². The molecule has 0 aliphatic carbocycles. The van der Waals surface area contributed by atoms with Crippen molar-refractivity contribution in [1.29, 1.82) is 0 Å². The van der Waals surface area contributed by atoms with Crippen LogP contribution in [0.4, 0.5) is 8.78 Å². The summed E-state index contributed by atoms with van der Waals surface area (Å²) in [6.07, 6.45) is 1.17. The Morgan fingerprint density at radius 1 is 1.17 bits per heavy atom. The van der Waals surface area contributed by atoms with Crippen LogP contribution in [0.15, 0.2) is 24.3 Å². The number of hydrogen-bond acceptors (Lipinski definition) is 4. The third-order valence-corrected chi connectivity index (χ3v) is 4.48. The van der Waals surface area contributed by atoms with Crippen molar-refractivity contribution in [1.82, 2.24) is 15.1 Å². The van der Waals surface area contributed by atoms with E-state index >= 15 is 0 Å². The lowest BCUT2D eigenvalue weighted by Crippen LogP contribution is -2.52. The molecule has 0 aromatic heterocycles. The lowest BCUT2D eigenvalue weighted by Gasteiger charge is -2.37. The fourth-order valence-corrected chi connectivity index (χ4v) is 3.20. The molecule has 2 fully saturated rings. The van der Waals surface area contributed by atoms with E-state index in [1.165, 1.54) is 30.7 Å². The molecule has 1 aromatic carbocycles. The van der Waals surface area contributed by atoms with E-state index in [9.17, 15) is 13.6 Å². The molecule has 1 atom stereocenters. The van der Waals surface area contributed by atoms with E-state index in [1.54, 1.807) is 0 Å². The van der Waals surface area contributed by atoms with Gasteiger partial charge in [0.25, 0.3) is 5.91 Å². The third-order valence-electron chi connectivity index (χ3n) is 4.48. The first-order valence-electron chi connectivity index (χ1n) is 7.92. The van der Waals surface area contributed by atoms with Crippen molar-refractivity contribution < 1.29 is 18.3 Å². The highest BCUT2D eigenvalue weighted by molar-refractivity contribution is 5.94. The van der Waals surface area contributed by atoms with Gasteiger partial charge in [0.1, 0.15) is 5.75 Å². The number of amides is 1. The molecule has 0 spiro atoms. The standard InChI is InChI=1S/C16H21F2N3O2/c17-16(18)23-14-3-1-12(2-4-14)15(22)21-9-7-20(8-10-21)13-5-6-19-11-13/h1-4,13,16,19H,5-11H2/t13-/m0/s1. The third kappa shape index (κ3) is 3.97. The lowest BCUT2D eigenvalue weighted by molar-refractivity contribution is -0.0498. The van der Waals surface area contributed by atoms with Gasteiger partial charge in [-0.2, -0.15) is 8.78 Å². The molecule has 0 unspecified atom stereocenters. The van der Waals surface area contributed by atoms with Gasteiger partial charge in [0, 0.05) is 44.3 Å². The van der Waals surface area contributed by atoms with Gasteiger partial charge in [-0.15, -0.1) is 0 Å². The number of rotatable bonds is 4. The monoisotopic (exact) mass is 325 g/mol. The van der Waals surface area contributed by atoms with Gasteiger partial charge in [-0.3, -0.25) is 9.69 Å². The summed E-state index contributed by atoms with van der Waals surface area (Å²) >= 11 is 0. The van der Waals surface area contributed by atoms with E-state index < -0.39 is 6.61 Å². The number of nitrogens with one attached hydrogen (secondary N) is 1. The molecule has 0 bridgehead atoms. The Labute approximate surface area is 134 Å². The fraction of sp³-hybridized carbons (Fsp3) is 0.562. The predicted octanol–water partition coefficient (Wildman–Crippen LogP) is 1.41. The Bertz CT molecular complexity index is 525. The average molecular weight is 325 g/mol. The van der Waals surface area contributed by atoms with Gasteiger partial charge in [0.15, 0.2) is 0 Å². The van der Waals surface area contributed by atoms with Crippen LogP contribution in [0.25, 0.3) is 0 Å². The smallest absolute Gasteiger partial charge is 0.387 e. The highest BCUT2D eigenvalue weighted by atomic mass is 19.3. The second-order valence-electron chi connectivity index (χ2n) is 5.88. The molecule has 7 heteroatoms. The zero-order valence-electron chi connectivity index (χ0n) is 12.9. The van der Waals surface area contributed by atoms with Crippen LogP contribution in [0.1, 0.15) is 16.8 Å². The van der Waals surface area contributed by atoms with Gasteiger partial charge >= 0.3 is 6.61 Å². The molecule has 23 heavy (non-hydrogen) atoms. The Morgan fingerprint density at radius 3 is 2.43 bits per heavy atom. The van der Waals surface area contributed by atoms with Crippen LogP contribution in [-0.4, -0.2) is 67.6 Å². The predicted molar refractivity (Wildman–Crippen MR) is 81.8 cm³/mol. The topological polar surface area (TPSA) is 44.8 Å². The van der Waals surface area contributed by atoms with Crippen molar-refractivity contribution in [3.05, 3.63) is 29.8 Å². The summed E-state index contributed by atoms with van der Waals surface area (Å²) in [6.45, 7) is 2.40. The van der Waals surface area contributed by atoms with Crippen LogP contribution in [0.2, 0.25) is 0 Å². The van der Waals surface area contributed by atoms with Crippen molar-refractivity contribution in [2.45, 2.75) is 19.1 Å². The van der Waals surface area contributed by atoms with Gasteiger partial charge in [-0.25, -0.2) is 0 Å². The number of halogens is 2. The first kappa shape index (κ1) is 16.1. The number of alkyl halides is 2. The van der Waals surface area contributed by atoms with Crippen molar-refractivity contribution in [2.24, 2.45) is 0 Å². The molecular formula is C16H21F2N3O2. The minimum absolute atomic E-state index is 0.0576. The first-order chi connectivity index (χ1) is 11.1. The second-order valence-corrected chi connectivity index (χ2v) is 5.88. The molecular weight excluding hydrogens is 304 g/mol. The highest BCUT2D eigenvalue weighted by Gasteiger charge is 2.28. The van der Waals surface area contributed by atoms with Gasteiger partial charge in [-0.05, 0) is 37.2 Å². The molecule has 1 aromatic rings. The van der Waals surface area contributed by atoms with E-state index in [2.05, 4.69) is 15.0 Å². The number of carbonyl (C=O) groups is 1. The summed E-state index contributed by atoms with van der Waals surface area (Å²) in [4.78, 5) is 16.7. The van der Waals surface area contributed by atoms with E-state index in [1.807, 2.05) is 4.90 Å². The molecule has 2 saturated heterocycles. The molecule has 2 aliphatic rings. The molecule has 3 rings (SSSR count). The maximum Gasteiger partial charge on any atom is 0.387 e. The summed E-state index contributed by atoms with van der Waals surface area (Å²) in [5.74, 6) is 0.00731. The maximum absolute atomic E-state index is 12.5. The normalized spacial score (nSPS) is 22.6. The van der Waals surface area contributed by atoms with Gasteiger partial charge in [-0.1, -0.05) is 0 Å². The van der Waals surface area contributed by atoms with Gasteiger partial charge in [0.2, 0.25) is 0 Å². The van der Waals surface area contributed by atoms with E-state index in [4.69, 9.17) is 0 Å². The second kappa shape index (κ2) is 7.23. The highest BCUT2D eigenvalue weighted by Crippen LogP contribution is 2.18. The van der Waals surface area contributed by atoms with E-state index in [-0.39, 0.29) is 11.7 Å². The molecule has 2 aliphatic heterocycles. The summed E-state index contributed by atoms with van der Waals surface area (Å²) in [5, 5.41) is 3.36. The number of nitrogens with zero attached hydrogens (tertiary/aromatic N) is 2. The summed E-state index contributed by atoms with van der Waals surface area (Å²) < 4.78 is 28.6. The molecule has 5 nitrogen and oxygen atoms in total. The average Bonchev–Trinajstić information content (AvgIpc) is 3.09. The van der Waals surface area contributed by atoms with Crippen LogP contribution >= 0.6 is 0 Å². The van der Waals surface area contributed by atoms with Crippen molar-refractivity contribution in [2.75, 3.05) is 39.3 Å². The summed E-state index contributed by atoms with van der Waals surface area (Å²) in [5.41, 5.74) is 0.502. The largest absolute Gasteiger partial charge is 0.435 e. The number of benzene rings is 1. The lowest BCUT2D eigenvalue weighted by atomic mass is 10.1. The SMILES string of the molecule is O=C(c1ccc(OC(F)F)cc1)N1CCN([C@H]2CCNC2)CC1. The molecule has 1 N–H and O–H groups in total. The van der Waals surface area contributed by atoms with Gasteiger partial charge in [0.05, 0.1) is 0 Å².